The molecule has 0 aromatic carbocycles. The van der Waals surface area contributed by atoms with Gasteiger partial charge in [-0.2, -0.15) is 0 Å². The van der Waals surface area contributed by atoms with Gasteiger partial charge in [0.2, 0.25) is 17.7 Å². The fourth-order valence-corrected chi connectivity index (χ4v) is 2.52. The minimum Gasteiger partial charge on any atom is -0.368 e. The van der Waals surface area contributed by atoms with Crippen LogP contribution in [0.2, 0.25) is 0 Å². The molecule has 0 aromatic rings. The Kier molecular flexibility index (Phi) is 12.9. The van der Waals surface area contributed by atoms with E-state index in [1.165, 1.54) is 0 Å². The number of rotatable bonds is 14. The Morgan fingerprint density at radius 3 is 1.80 bits per heavy atom. The van der Waals surface area contributed by atoms with Gasteiger partial charge in [-0.05, 0) is 58.2 Å². The molecule has 0 bridgehead atoms. The number of imide groups is 1. The van der Waals surface area contributed by atoms with E-state index in [-0.39, 0.29) is 12.8 Å². The molecule has 0 aliphatic heterocycles. The fraction of sp³-hybridized carbons (Fsp3) is 0.812. The molecule has 0 spiro atoms. The smallest absolute Gasteiger partial charge is 0.246 e. The fourth-order valence-electron chi connectivity index (χ4n) is 2.52. The number of nitrogens with two attached hydrogens (primary N) is 5. The Morgan fingerprint density at radius 2 is 1.32 bits per heavy atom. The molecule has 0 saturated heterocycles. The van der Waals surface area contributed by atoms with Crippen LogP contribution in [0.4, 0.5) is 0 Å². The van der Waals surface area contributed by atoms with E-state index in [2.05, 4.69) is 0 Å². The number of carbonyl (C=O) groups is 3. The first-order chi connectivity index (χ1) is 11.9. The predicted molar refractivity (Wildman–Crippen MR) is 96.9 cm³/mol. The average molecular weight is 358 g/mol. The molecule has 0 radical (unpaired) electrons. The predicted octanol–water partition coefficient (Wildman–Crippen LogP) is -1.48. The van der Waals surface area contributed by atoms with E-state index in [9.17, 15) is 14.4 Å². The van der Waals surface area contributed by atoms with E-state index < -0.39 is 29.8 Å². The zero-order valence-corrected chi connectivity index (χ0v) is 15.0. The summed E-state index contributed by atoms with van der Waals surface area (Å²) >= 11 is 0. The van der Waals surface area contributed by atoms with Gasteiger partial charge in [0.05, 0.1) is 6.04 Å². The highest BCUT2D eigenvalue weighted by Crippen LogP contribution is 2.14. The van der Waals surface area contributed by atoms with Crippen molar-refractivity contribution in [2.24, 2.45) is 28.7 Å². The number of carbonyl (C=O) groups excluding carboxylic acids is 3. The van der Waals surface area contributed by atoms with Crippen LogP contribution in [-0.4, -0.2) is 54.3 Å². The van der Waals surface area contributed by atoms with Crippen LogP contribution in [0.25, 0.3) is 0 Å². The van der Waals surface area contributed by atoms with Gasteiger partial charge in [0.1, 0.15) is 6.04 Å². The van der Waals surface area contributed by atoms with Crippen molar-refractivity contribution in [1.29, 1.82) is 0 Å². The highest BCUT2D eigenvalue weighted by Gasteiger charge is 2.35. The van der Waals surface area contributed by atoms with Crippen LogP contribution in [-0.2, 0) is 14.4 Å². The van der Waals surface area contributed by atoms with E-state index in [0.717, 1.165) is 11.3 Å². The maximum Gasteiger partial charge on any atom is 0.246 e. The summed E-state index contributed by atoms with van der Waals surface area (Å²) < 4.78 is 0. The Labute approximate surface area is 149 Å². The second kappa shape index (κ2) is 13.7. The van der Waals surface area contributed by atoms with Gasteiger partial charge < -0.3 is 28.7 Å². The van der Waals surface area contributed by atoms with Crippen molar-refractivity contribution in [2.45, 2.75) is 63.5 Å². The molecular formula is C16H34N6O3. The van der Waals surface area contributed by atoms with Crippen molar-refractivity contribution in [3.05, 3.63) is 0 Å². The van der Waals surface area contributed by atoms with Gasteiger partial charge in [-0.3, -0.25) is 19.3 Å². The molecule has 9 heteroatoms. The van der Waals surface area contributed by atoms with E-state index in [1.807, 2.05) is 0 Å². The maximum absolute atomic E-state index is 12.7. The van der Waals surface area contributed by atoms with Gasteiger partial charge in [0, 0.05) is 6.42 Å². The number of nitrogens with zero attached hydrogens (tertiary/aromatic N) is 1. The molecule has 0 aromatic heterocycles. The van der Waals surface area contributed by atoms with Crippen LogP contribution in [0.3, 0.4) is 0 Å². The summed E-state index contributed by atoms with van der Waals surface area (Å²) in [5.74, 6) is -1.77. The molecule has 2 atom stereocenters. The van der Waals surface area contributed by atoms with Crippen LogP contribution in [0, 0.1) is 0 Å². The molecule has 0 rings (SSSR count). The highest BCUT2D eigenvalue weighted by atomic mass is 16.2. The number of hydrogen-bond acceptors (Lipinski definition) is 7. The van der Waals surface area contributed by atoms with Crippen molar-refractivity contribution in [3.8, 4) is 0 Å². The number of unbranched alkanes of at least 4 members (excludes halogenated alkanes) is 2. The van der Waals surface area contributed by atoms with Crippen LogP contribution < -0.4 is 28.7 Å². The molecule has 0 aliphatic rings. The monoisotopic (exact) mass is 358 g/mol. The molecular weight excluding hydrogens is 324 g/mol. The second-order valence-corrected chi connectivity index (χ2v) is 6.09. The van der Waals surface area contributed by atoms with Gasteiger partial charge in [-0.15, -0.1) is 0 Å². The third kappa shape index (κ3) is 8.92. The van der Waals surface area contributed by atoms with Crippen molar-refractivity contribution in [2.75, 3.05) is 19.6 Å². The van der Waals surface area contributed by atoms with Crippen LogP contribution in [0.5, 0.6) is 0 Å². The standard InChI is InChI=1S/C16H34N6O3/c17-9-3-1-6-12(20)16(25)22(14(23)8-5-11-19)13(15(21)24)7-2-4-10-18/h12-13H,1-11,17-20H2,(H2,21,24)/t12-,13-/m0/s1. The molecule has 10 N–H and O–H groups in total. The lowest BCUT2D eigenvalue weighted by molar-refractivity contribution is -0.152. The average Bonchev–Trinajstić information content (AvgIpc) is 2.58. The minimum atomic E-state index is -1.01. The van der Waals surface area contributed by atoms with Crippen molar-refractivity contribution < 1.29 is 14.4 Å². The molecule has 25 heavy (non-hydrogen) atoms. The van der Waals surface area contributed by atoms with E-state index in [4.69, 9.17) is 28.7 Å². The number of primary amides is 1. The molecule has 0 unspecified atom stereocenters. The minimum absolute atomic E-state index is 0.0679. The van der Waals surface area contributed by atoms with Gasteiger partial charge in [-0.1, -0.05) is 6.42 Å². The lowest BCUT2D eigenvalue weighted by Crippen LogP contribution is -2.55. The first kappa shape index (κ1) is 23.4. The lowest BCUT2D eigenvalue weighted by Gasteiger charge is -2.30. The largest absolute Gasteiger partial charge is 0.368 e. The lowest BCUT2D eigenvalue weighted by atomic mass is 10.0. The van der Waals surface area contributed by atoms with Crippen LogP contribution in [0.1, 0.15) is 51.4 Å². The second-order valence-electron chi connectivity index (χ2n) is 6.09. The summed E-state index contributed by atoms with van der Waals surface area (Å²) in [6.45, 7) is 1.27. The zero-order valence-electron chi connectivity index (χ0n) is 15.0. The summed E-state index contributed by atoms with van der Waals surface area (Å²) in [5.41, 5.74) is 27.7. The first-order valence-electron chi connectivity index (χ1n) is 8.91. The topological polar surface area (TPSA) is 185 Å². The summed E-state index contributed by atoms with van der Waals surface area (Å²) in [5, 5.41) is 0. The Morgan fingerprint density at radius 1 is 0.800 bits per heavy atom. The van der Waals surface area contributed by atoms with Gasteiger partial charge in [0.15, 0.2) is 0 Å². The Hall–Kier alpha value is -1.55. The zero-order chi connectivity index (χ0) is 19.2. The molecule has 0 aliphatic carbocycles. The van der Waals surface area contributed by atoms with Gasteiger partial charge in [0.25, 0.3) is 0 Å². The van der Waals surface area contributed by atoms with E-state index in [1.54, 1.807) is 0 Å². The summed E-state index contributed by atoms with van der Waals surface area (Å²) in [6, 6.07) is -1.88. The Bertz CT molecular complexity index is 419. The van der Waals surface area contributed by atoms with E-state index >= 15 is 0 Å². The summed E-state index contributed by atoms with van der Waals surface area (Å²) in [7, 11) is 0. The Balaban J connectivity index is 5.23. The summed E-state index contributed by atoms with van der Waals surface area (Å²) in [6.07, 6.45) is 3.82. The number of amides is 3. The van der Waals surface area contributed by atoms with Gasteiger partial charge in [-0.25, -0.2) is 0 Å². The molecule has 9 nitrogen and oxygen atoms in total. The van der Waals surface area contributed by atoms with Crippen molar-refractivity contribution >= 4 is 17.7 Å². The SMILES string of the molecule is NCCCC[C@H](N)C(=O)N(C(=O)CCCN)[C@@H](CCCCN)C(N)=O. The third-order valence-corrected chi connectivity index (χ3v) is 3.96. The highest BCUT2D eigenvalue weighted by molar-refractivity contribution is 6.02. The van der Waals surface area contributed by atoms with Crippen molar-refractivity contribution in [3.63, 3.8) is 0 Å². The molecule has 146 valence electrons. The van der Waals surface area contributed by atoms with Crippen molar-refractivity contribution in [1.82, 2.24) is 4.90 Å². The third-order valence-electron chi connectivity index (χ3n) is 3.96. The summed E-state index contributed by atoms with van der Waals surface area (Å²) in [4.78, 5) is 38.0. The quantitative estimate of drug-likeness (QED) is 0.234. The van der Waals surface area contributed by atoms with Gasteiger partial charge >= 0.3 is 0 Å². The number of hydrogen-bond donors (Lipinski definition) is 5. The molecule has 0 heterocycles. The van der Waals surface area contributed by atoms with Crippen LogP contribution >= 0.6 is 0 Å². The maximum atomic E-state index is 12.7. The molecule has 3 amide bonds. The molecule has 0 saturated carbocycles. The van der Waals surface area contributed by atoms with E-state index in [0.29, 0.717) is 51.7 Å². The first-order valence-corrected chi connectivity index (χ1v) is 8.91. The normalized spacial score (nSPS) is 13.3. The molecule has 0 fully saturated rings. The van der Waals surface area contributed by atoms with Crippen LogP contribution in [0.15, 0.2) is 0 Å².